The van der Waals surface area contributed by atoms with E-state index in [1.165, 1.54) is 6.42 Å². The Kier molecular flexibility index (Phi) is 4.40. The Balaban J connectivity index is 2.07. The summed E-state index contributed by atoms with van der Waals surface area (Å²) in [6.07, 6.45) is 8.64. The fourth-order valence-electron chi connectivity index (χ4n) is 3.71. The molecule has 20 heavy (non-hydrogen) atoms. The second-order valence-corrected chi connectivity index (χ2v) is 7.12. The topological polar surface area (TPSA) is 66.4 Å². The first-order valence-corrected chi connectivity index (χ1v) is 7.93. The van der Waals surface area contributed by atoms with Gasteiger partial charge in [-0.1, -0.05) is 39.0 Å². The highest BCUT2D eigenvalue weighted by Crippen LogP contribution is 2.39. The summed E-state index contributed by atoms with van der Waals surface area (Å²) in [6, 6.07) is -0.222. The van der Waals surface area contributed by atoms with Gasteiger partial charge in [0, 0.05) is 11.5 Å². The number of hydrogen-bond donors (Lipinski definition) is 2. The average Bonchev–Trinajstić information content (AvgIpc) is 2.42. The van der Waals surface area contributed by atoms with Crippen LogP contribution in [0, 0.1) is 10.8 Å². The number of hydrogen-bond acceptors (Lipinski definition) is 2. The molecule has 0 heterocycles. The number of carbonyl (C=O) groups excluding carboxylic acids is 1. The molecule has 0 aromatic heterocycles. The third-order valence-electron chi connectivity index (χ3n) is 5.51. The van der Waals surface area contributed by atoms with E-state index in [0.717, 1.165) is 44.9 Å². The number of carbonyl (C=O) groups is 2. The average molecular weight is 281 g/mol. The minimum absolute atomic E-state index is 0.0663. The summed E-state index contributed by atoms with van der Waals surface area (Å²) in [4.78, 5) is 24.2. The van der Waals surface area contributed by atoms with Crippen LogP contribution in [0.5, 0.6) is 0 Å². The monoisotopic (exact) mass is 281 g/mol. The zero-order valence-corrected chi connectivity index (χ0v) is 12.7. The zero-order chi connectivity index (χ0) is 14.8. The summed E-state index contributed by atoms with van der Waals surface area (Å²) in [5, 5.41) is 12.6. The Morgan fingerprint density at radius 2 is 1.60 bits per heavy atom. The summed E-state index contributed by atoms with van der Waals surface area (Å²) in [5.74, 6) is -0.715. The van der Waals surface area contributed by atoms with Gasteiger partial charge < -0.3 is 10.4 Å². The van der Waals surface area contributed by atoms with Crippen molar-refractivity contribution in [3.63, 3.8) is 0 Å². The highest BCUT2D eigenvalue weighted by molar-refractivity contribution is 5.84. The Bertz CT molecular complexity index is 387. The predicted octanol–water partition coefficient (Wildman–Crippen LogP) is 3.11. The maximum atomic E-state index is 12.6. The van der Waals surface area contributed by atoms with Gasteiger partial charge in [-0.05, 0) is 32.6 Å². The van der Waals surface area contributed by atoms with Gasteiger partial charge in [0.25, 0.3) is 0 Å². The van der Waals surface area contributed by atoms with E-state index in [4.69, 9.17) is 0 Å². The smallest absolute Gasteiger partial charge is 0.311 e. The van der Waals surface area contributed by atoms with Gasteiger partial charge in [0.2, 0.25) is 5.91 Å². The highest BCUT2D eigenvalue weighted by atomic mass is 16.4. The molecule has 1 amide bonds. The minimum atomic E-state index is -0.807. The fourth-order valence-corrected chi connectivity index (χ4v) is 3.71. The lowest BCUT2D eigenvalue weighted by Crippen LogP contribution is -2.55. The van der Waals surface area contributed by atoms with Gasteiger partial charge in [-0.2, -0.15) is 0 Å². The second kappa shape index (κ2) is 5.74. The van der Waals surface area contributed by atoms with Crippen LogP contribution in [0.25, 0.3) is 0 Å². The molecule has 2 saturated carbocycles. The lowest BCUT2D eigenvalue weighted by atomic mass is 9.70. The van der Waals surface area contributed by atoms with E-state index in [0.29, 0.717) is 6.42 Å². The lowest BCUT2D eigenvalue weighted by molar-refractivity contribution is -0.152. The standard InChI is InChI=1S/C16H27NO3/c1-15(9-5-3-6-10-15)13(18)17-12-8-4-7-11-16(12,2)14(19)20/h12H,3-11H2,1-2H3,(H,17,18)(H,19,20). The van der Waals surface area contributed by atoms with Gasteiger partial charge in [-0.3, -0.25) is 9.59 Å². The summed E-state index contributed by atoms with van der Waals surface area (Å²) in [6.45, 7) is 3.81. The van der Waals surface area contributed by atoms with Crippen molar-refractivity contribution in [2.24, 2.45) is 10.8 Å². The van der Waals surface area contributed by atoms with Crippen LogP contribution in [-0.4, -0.2) is 23.0 Å². The minimum Gasteiger partial charge on any atom is -0.481 e. The number of carboxylic acids is 1. The van der Waals surface area contributed by atoms with Crippen LogP contribution in [0.4, 0.5) is 0 Å². The molecule has 114 valence electrons. The van der Waals surface area contributed by atoms with Gasteiger partial charge >= 0.3 is 5.97 Å². The molecule has 2 N–H and O–H groups in total. The highest BCUT2D eigenvalue weighted by Gasteiger charge is 2.45. The van der Waals surface area contributed by atoms with E-state index in [9.17, 15) is 14.7 Å². The molecule has 0 aromatic carbocycles. The fraction of sp³-hybridized carbons (Fsp3) is 0.875. The first-order valence-electron chi connectivity index (χ1n) is 7.93. The third-order valence-corrected chi connectivity index (χ3v) is 5.51. The van der Waals surface area contributed by atoms with Gasteiger partial charge in [0.15, 0.2) is 0 Å². The zero-order valence-electron chi connectivity index (χ0n) is 12.7. The van der Waals surface area contributed by atoms with Crippen molar-refractivity contribution in [2.45, 2.75) is 77.7 Å². The Morgan fingerprint density at radius 1 is 1.00 bits per heavy atom. The van der Waals surface area contributed by atoms with Crippen molar-refractivity contribution >= 4 is 11.9 Å². The largest absolute Gasteiger partial charge is 0.481 e. The SMILES string of the molecule is CC1(C(=O)NC2CCCCC2(C)C(=O)O)CCCCC1. The maximum Gasteiger partial charge on any atom is 0.311 e. The van der Waals surface area contributed by atoms with Crippen molar-refractivity contribution in [1.29, 1.82) is 0 Å². The molecule has 2 aliphatic rings. The number of aliphatic carboxylic acids is 1. The summed E-state index contributed by atoms with van der Waals surface area (Å²) in [7, 11) is 0. The molecule has 0 aromatic rings. The molecule has 2 rings (SSSR count). The van der Waals surface area contributed by atoms with Crippen molar-refractivity contribution in [2.75, 3.05) is 0 Å². The molecule has 4 heteroatoms. The van der Waals surface area contributed by atoms with E-state index in [1.807, 2.05) is 6.92 Å². The molecular weight excluding hydrogens is 254 g/mol. The molecule has 4 nitrogen and oxygen atoms in total. The number of amides is 1. The van der Waals surface area contributed by atoms with E-state index in [-0.39, 0.29) is 17.4 Å². The van der Waals surface area contributed by atoms with Crippen molar-refractivity contribution < 1.29 is 14.7 Å². The summed E-state index contributed by atoms with van der Waals surface area (Å²) in [5.41, 5.74) is -1.10. The van der Waals surface area contributed by atoms with Crippen LogP contribution in [0.15, 0.2) is 0 Å². The number of nitrogens with one attached hydrogen (secondary N) is 1. The maximum absolute atomic E-state index is 12.6. The van der Waals surface area contributed by atoms with Crippen LogP contribution >= 0.6 is 0 Å². The summed E-state index contributed by atoms with van der Waals surface area (Å²) >= 11 is 0. The van der Waals surface area contributed by atoms with Crippen LogP contribution in [0.2, 0.25) is 0 Å². The van der Waals surface area contributed by atoms with E-state index >= 15 is 0 Å². The molecular formula is C16H27NO3. The molecule has 0 aliphatic heterocycles. The molecule has 0 saturated heterocycles. The van der Waals surface area contributed by atoms with Crippen LogP contribution in [0.3, 0.4) is 0 Å². The van der Waals surface area contributed by atoms with Crippen molar-refractivity contribution in [3.05, 3.63) is 0 Å². The molecule has 2 atom stereocenters. The van der Waals surface area contributed by atoms with Gasteiger partial charge in [-0.25, -0.2) is 0 Å². The van der Waals surface area contributed by atoms with Crippen molar-refractivity contribution in [3.8, 4) is 0 Å². The third kappa shape index (κ3) is 2.84. The van der Waals surface area contributed by atoms with Crippen LogP contribution in [0.1, 0.15) is 71.6 Å². The van der Waals surface area contributed by atoms with Crippen molar-refractivity contribution in [1.82, 2.24) is 5.32 Å². The molecule has 0 bridgehead atoms. The van der Waals surface area contributed by atoms with E-state index in [2.05, 4.69) is 5.32 Å². The van der Waals surface area contributed by atoms with Crippen LogP contribution < -0.4 is 5.32 Å². The Morgan fingerprint density at radius 3 is 2.20 bits per heavy atom. The molecule has 2 unspecified atom stereocenters. The number of carboxylic acid groups (broad SMARTS) is 1. The van der Waals surface area contributed by atoms with Gasteiger partial charge in [0.1, 0.15) is 0 Å². The first-order chi connectivity index (χ1) is 9.38. The molecule has 2 aliphatic carbocycles. The van der Waals surface area contributed by atoms with Gasteiger partial charge in [0.05, 0.1) is 5.41 Å². The number of rotatable bonds is 3. The quantitative estimate of drug-likeness (QED) is 0.835. The van der Waals surface area contributed by atoms with Crippen LogP contribution in [-0.2, 0) is 9.59 Å². The normalized spacial score (nSPS) is 33.4. The molecule has 0 spiro atoms. The summed E-state index contributed by atoms with van der Waals surface area (Å²) < 4.78 is 0. The predicted molar refractivity (Wildman–Crippen MR) is 77.3 cm³/mol. The van der Waals surface area contributed by atoms with E-state index in [1.54, 1.807) is 6.92 Å². The van der Waals surface area contributed by atoms with Gasteiger partial charge in [-0.15, -0.1) is 0 Å². The lowest BCUT2D eigenvalue weighted by Gasteiger charge is -2.41. The first kappa shape index (κ1) is 15.3. The Hall–Kier alpha value is -1.06. The Labute approximate surface area is 121 Å². The molecule has 2 fully saturated rings. The van der Waals surface area contributed by atoms with E-state index < -0.39 is 11.4 Å². The molecule has 0 radical (unpaired) electrons. The second-order valence-electron chi connectivity index (χ2n) is 7.12.